The maximum atomic E-state index is 8.62. The van der Waals surface area contributed by atoms with Gasteiger partial charge in [0, 0.05) is 5.75 Å². The van der Waals surface area contributed by atoms with Gasteiger partial charge in [0.15, 0.2) is 0 Å². The van der Waals surface area contributed by atoms with Crippen LogP contribution in [0.3, 0.4) is 0 Å². The third kappa shape index (κ3) is 4.39. The Morgan fingerprint density at radius 1 is 1.88 bits per heavy atom. The van der Waals surface area contributed by atoms with Gasteiger partial charge < -0.3 is 9.84 Å². The number of aliphatic hydroxyl groups excluding tert-OH is 1. The highest BCUT2D eigenvalue weighted by Crippen LogP contribution is 1.80. The van der Waals surface area contributed by atoms with E-state index in [4.69, 9.17) is 9.84 Å². The summed E-state index contributed by atoms with van der Waals surface area (Å²) >= 11 is 3.87. The van der Waals surface area contributed by atoms with Gasteiger partial charge in [0.05, 0.1) is 6.61 Å². The van der Waals surface area contributed by atoms with E-state index in [9.17, 15) is 0 Å². The summed E-state index contributed by atoms with van der Waals surface area (Å²) in [5.41, 5.74) is 0. The molecule has 1 atom stereocenters. The molecular formula is C4H11NO2S. The summed E-state index contributed by atoms with van der Waals surface area (Å²) < 4.78 is 4.71. The molecule has 0 bridgehead atoms. The zero-order valence-corrected chi connectivity index (χ0v) is 5.69. The molecule has 3 nitrogen and oxygen atoms in total. The van der Waals surface area contributed by atoms with Crippen LogP contribution < -0.4 is 5.32 Å². The number of nitrogens with one attached hydrogen (secondary N) is 1. The maximum absolute atomic E-state index is 8.62. The number of rotatable bonds is 4. The first-order valence-corrected chi connectivity index (χ1v) is 3.02. The smallest absolute Gasteiger partial charge is 0.213 e. The Balaban J connectivity index is 2.86. The van der Waals surface area contributed by atoms with Gasteiger partial charge in [-0.2, -0.15) is 12.6 Å². The van der Waals surface area contributed by atoms with Crippen LogP contribution in [0.2, 0.25) is 0 Å². The molecule has 0 amide bonds. The van der Waals surface area contributed by atoms with Gasteiger partial charge in [-0.05, 0) is 7.05 Å². The third-order valence-corrected chi connectivity index (χ3v) is 0.797. The summed E-state index contributed by atoms with van der Waals surface area (Å²) in [7, 11) is 1.61. The Labute approximate surface area is 54.4 Å². The van der Waals surface area contributed by atoms with Gasteiger partial charge in [0.25, 0.3) is 0 Å². The summed E-state index contributed by atoms with van der Waals surface area (Å²) in [4.78, 5) is 0. The lowest BCUT2D eigenvalue weighted by atomic mass is 10.8. The predicted molar refractivity (Wildman–Crippen MR) is 34.9 cm³/mol. The quantitative estimate of drug-likeness (QED) is 0.359. The van der Waals surface area contributed by atoms with Gasteiger partial charge in [-0.15, -0.1) is 0 Å². The van der Waals surface area contributed by atoms with Crippen LogP contribution in [0.5, 0.6) is 0 Å². The molecule has 0 saturated heterocycles. The molecular weight excluding hydrogens is 126 g/mol. The Bertz CT molecular complexity index is 53.3. The second-order valence-corrected chi connectivity index (χ2v) is 1.68. The minimum Gasteiger partial charge on any atom is -0.356 e. The molecule has 0 aromatic carbocycles. The van der Waals surface area contributed by atoms with Crippen LogP contribution in [0.1, 0.15) is 0 Å². The summed E-state index contributed by atoms with van der Waals surface area (Å²) in [6.07, 6.45) is -0.845. The Morgan fingerprint density at radius 3 is 2.88 bits per heavy atom. The molecule has 0 heterocycles. The van der Waals surface area contributed by atoms with Crippen molar-refractivity contribution in [1.29, 1.82) is 0 Å². The van der Waals surface area contributed by atoms with E-state index in [0.29, 0.717) is 12.4 Å². The van der Waals surface area contributed by atoms with E-state index in [1.54, 1.807) is 7.05 Å². The number of hydrogen-bond acceptors (Lipinski definition) is 4. The topological polar surface area (TPSA) is 41.5 Å². The fourth-order valence-electron chi connectivity index (χ4n) is 0.248. The van der Waals surface area contributed by atoms with E-state index >= 15 is 0 Å². The number of thiol groups is 1. The van der Waals surface area contributed by atoms with Crippen LogP contribution in [0.25, 0.3) is 0 Å². The van der Waals surface area contributed by atoms with Gasteiger partial charge in [-0.1, -0.05) is 0 Å². The van der Waals surface area contributed by atoms with Crippen LogP contribution in [-0.4, -0.2) is 30.9 Å². The second kappa shape index (κ2) is 5.37. The van der Waals surface area contributed by atoms with Gasteiger partial charge in [-0.25, -0.2) is 0 Å². The molecule has 0 rings (SSSR count). The van der Waals surface area contributed by atoms with E-state index < -0.39 is 6.41 Å². The van der Waals surface area contributed by atoms with E-state index in [0.717, 1.165) is 0 Å². The van der Waals surface area contributed by atoms with E-state index in [1.165, 1.54) is 0 Å². The predicted octanol–water partition coefficient (Wildman–Crippen LogP) is -0.572. The lowest BCUT2D eigenvalue weighted by molar-refractivity contribution is -0.110. The summed E-state index contributed by atoms with van der Waals surface area (Å²) in [5.74, 6) is 0.624. The molecule has 0 fully saturated rings. The minimum absolute atomic E-state index is 0.463. The first-order valence-electron chi connectivity index (χ1n) is 2.39. The summed E-state index contributed by atoms with van der Waals surface area (Å²) in [5, 5.41) is 11.1. The minimum atomic E-state index is -0.845. The van der Waals surface area contributed by atoms with Crippen LogP contribution in [-0.2, 0) is 4.74 Å². The van der Waals surface area contributed by atoms with Crippen molar-refractivity contribution >= 4 is 12.6 Å². The van der Waals surface area contributed by atoms with Crippen molar-refractivity contribution in [3.8, 4) is 0 Å². The molecule has 0 aromatic heterocycles. The van der Waals surface area contributed by atoms with Crippen LogP contribution in [0.15, 0.2) is 0 Å². The molecule has 0 spiro atoms. The molecule has 0 aromatic rings. The fourth-order valence-corrected chi connectivity index (χ4v) is 0.353. The van der Waals surface area contributed by atoms with Crippen molar-refractivity contribution < 1.29 is 9.84 Å². The second-order valence-electron chi connectivity index (χ2n) is 1.24. The van der Waals surface area contributed by atoms with Crippen LogP contribution in [0.4, 0.5) is 0 Å². The highest BCUT2D eigenvalue weighted by atomic mass is 32.1. The molecule has 8 heavy (non-hydrogen) atoms. The van der Waals surface area contributed by atoms with Crippen molar-refractivity contribution in [3.63, 3.8) is 0 Å². The molecule has 0 aliphatic rings. The molecule has 0 saturated carbocycles. The first-order chi connectivity index (χ1) is 3.81. The van der Waals surface area contributed by atoms with Crippen molar-refractivity contribution in [2.24, 2.45) is 0 Å². The molecule has 0 aliphatic heterocycles. The Hall–Kier alpha value is 0.230. The first kappa shape index (κ1) is 8.23. The fraction of sp³-hybridized carbons (Fsp3) is 1.00. The summed E-state index contributed by atoms with van der Waals surface area (Å²) in [6.45, 7) is 0.463. The van der Waals surface area contributed by atoms with Gasteiger partial charge in [0.2, 0.25) is 6.41 Å². The Morgan fingerprint density at radius 2 is 2.50 bits per heavy atom. The van der Waals surface area contributed by atoms with E-state index in [2.05, 4.69) is 17.9 Å². The monoisotopic (exact) mass is 137 g/mol. The average molecular weight is 137 g/mol. The molecule has 2 N–H and O–H groups in total. The van der Waals surface area contributed by atoms with Gasteiger partial charge >= 0.3 is 0 Å². The van der Waals surface area contributed by atoms with E-state index in [1.807, 2.05) is 0 Å². The molecule has 1 unspecified atom stereocenters. The molecule has 0 aliphatic carbocycles. The lowest BCUT2D eigenvalue weighted by Gasteiger charge is -2.07. The average Bonchev–Trinajstić information content (AvgIpc) is 1.83. The van der Waals surface area contributed by atoms with Crippen LogP contribution >= 0.6 is 12.6 Å². The molecule has 0 radical (unpaired) electrons. The van der Waals surface area contributed by atoms with Crippen LogP contribution in [0, 0.1) is 0 Å². The number of ether oxygens (including phenoxy) is 1. The third-order valence-electron chi connectivity index (χ3n) is 0.614. The van der Waals surface area contributed by atoms with E-state index in [-0.39, 0.29) is 0 Å². The number of aliphatic hydroxyl groups is 1. The zero-order chi connectivity index (χ0) is 6.41. The SMILES string of the molecule is CNC(O)OCCS. The normalized spacial score (nSPS) is 13.9. The number of hydrogen-bond donors (Lipinski definition) is 3. The van der Waals surface area contributed by atoms with Crippen molar-refractivity contribution in [2.75, 3.05) is 19.4 Å². The lowest BCUT2D eigenvalue weighted by Crippen LogP contribution is -2.28. The standard InChI is InChI=1S/C4H11NO2S/c1-5-4(6)7-2-3-8/h4-6,8H,2-3H2,1H3. The highest BCUT2D eigenvalue weighted by molar-refractivity contribution is 7.80. The van der Waals surface area contributed by atoms with Crippen molar-refractivity contribution in [1.82, 2.24) is 5.32 Å². The van der Waals surface area contributed by atoms with Crippen molar-refractivity contribution in [2.45, 2.75) is 6.41 Å². The van der Waals surface area contributed by atoms with Crippen molar-refractivity contribution in [3.05, 3.63) is 0 Å². The largest absolute Gasteiger partial charge is 0.356 e. The van der Waals surface area contributed by atoms with Gasteiger partial charge in [0.1, 0.15) is 0 Å². The van der Waals surface area contributed by atoms with Gasteiger partial charge in [-0.3, -0.25) is 5.32 Å². The molecule has 4 heteroatoms. The maximum Gasteiger partial charge on any atom is 0.213 e. The Kier molecular flexibility index (Phi) is 5.52. The zero-order valence-electron chi connectivity index (χ0n) is 4.79. The highest BCUT2D eigenvalue weighted by Gasteiger charge is 1.94. The summed E-state index contributed by atoms with van der Waals surface area (Å²) in [6, 6.07) is 0. The molecule has 50 valence electrons.